The average Bonchev–Trinajstić information content (AvgIpc) is 3.11. The van der Waals surface area contributed by atoms with Crippen molar-refractivity contribution in [3.8, 4) is 0 Å². The Kier molecular flexibility index (Phi) is 3.31. The molecule has 1 aliphatic rings. The van der Waals surface area contributed by atoms with E-state index in [0.717, 1.165) is 18.2 Å². The third-order valence-electron chi connectivity index (χ3n) is 3.46. The van der Waals surface area contributed by atoms with Crippen LogP contribution in [0, 0.1) is 28.9 Å². The number of hydrogen-bond donors (Lipinski definition) is 1. The second-order valence-electron chi connectivity index (χ2n) is 4.95. The molecule has 0 aliphatic heterocycles. The van der Waals surface area contributed by atoms with Crippen LogP contribution in [0.5, 0.6) is 0 Å². The molecule has 1 atom stereocenters. The predicted molar refractivity (Wildman–Crippen MR) is 68.2 cm³/mol. The molecule has 0 heterocycles. The summed E-state index contributed by atoms with van der Waals surface area (Å²) in [7, 11) is 0. The first-order valence-electron chi connectivity index (χ1n) is 6.07. The van der Waals surface area contributed by atoms with Crippen LogP contribution in [0.3, 0.4) is 0 Å². The number of rotatable bonds is 5. The lowest BCUT2D eigenvalue weighted by Gasteiger charge is -2.12. The third kappa shape index (κ3) is 2.96. The first kappa shape index (κ1) is 11.9. The van der Waals surface area contributed by atoms with Gasteiger partial charge in [-0.2, -0.15) is 0 Å². The zero-order valence-electron chi connectivity index (χ0n) is 10.3. The van der Waals surface area contributed by atoms with Crippen LogP contribution in [-0.4, -0.2) is 11.5 Å². The first-order chi connectivity index (χ1) is 8.08. The number of anilines is 1. The fraction of sp³-hybridized carbons (Fsp3) is 0.538. The van der Waals surface area contributed by atoms with E-state index in [2.05, 4.69) is 12.2 Å². The molecule has 0 saturated heterocycles. The lowest BCUT2D eigenvalue weighted by molar-refractivity contribution is -0.385. The van der Waals surface area contributed by atoms with E-state index >= 15 is 0 Å². The Bertz CT molecular complexity index is 427. The van der Waals surface area contributed by atoms with Crippen LogP contribution in [0.1, 0.15) is 25.3 Å². The van der Waals surface area contributed by atoms with E-state index in [-0.39, 0.29) is 10.6 Å². The molecule has 0 aromatic heterocycles. The minimum Gasteiger partial charge on any atom is -0.385 e. The van der Waals surface area contributed by atoms with E-state index in [1.807, 2.05) is 6.07 Å². The van der Waals surface area contributed by atoms with Crippen molar-refractivity contribution in [3.63, 3.8) is 0 Å². The Morgan fingerprint density at radius 1 is 1.53 bits per heavy atom. The molecule has 1 saturated carbocycles. The lowest BCUT2D eigenvalue weighted by Crippen LogP contribution is -2.12. The number of hydrogen-bond acceptors (Lipinski definition) is 3. The molecule has 17 heavy (non-hydrogen) atoms. The van der Waals surface area contributed by atoms with Gasteiger partial charge in [-0.3, -0.25) is 10.1 Å². The van der Waals surface area contributed by atoms with Crippen LogP contribution in [0.25, 0.3) is 0 Å². The van der Waals surface area contributed by atoms with Crippen LogP contribution in [0.2, 0.25) is 0 Å². The van der Waals surface area contributed by atoms with Gasteiger partial charge in [0.2, 0.25) is 0 Å². The number of benzene rings is 1. The summed E-state index contributed by atoms with van der Waals surface area (Å²) >= 11 is 0. The van der Waals surface area contributed by atoms with Crippen molar-refractivity contribution < 1.29 is 4.92 Å². The Hall–Kier alpha value is -1.58. The van der Waals surface area contributed by atoms with E-state index in [0.29, 0.717) is 11.5 Å². The standard InChI is InChI=1S/C13H18N2O2/c1-9-3-6-12(7-13(9)15(16)17)14-8-10(2)11-4-5-11/h3,6-7,10-11,14H,4-5,8H2,1-2H3. The van der Waals surface area contributed by atoms with E-state index in [4.69, 9.17) is 0 Å². The van der Waals surface area contributed by atoms with E-state index in [1.165, 1.54) is 12.8 Å². The zero-order valence-corrected chi connectivity index (χ0v) is 10.3. The predicted octanol–water partition coefficient (Wildman–Crippen LogP) is 3.36. The quantitative estimate of drug-likeness (QED) is 0.627. The van der Waals surface area contributed by atoms with E-state index < -0.39 is 0 Å². The van der Waals surface area contributed by atoms with Gasteiger partial charge in [0.25, 0.3) is 5.69 Å². The normalized spacial score (nSPS) is 16.6. The molecule has 92 valence electrons. The molecule has 2 rings (SSSR count). The number of nitrogens with one attached hydrogen (secondary N) is 1. The fourth-order valence-corrected chi connectivity index (χ4v) is 2.03. The molecule has 1 unspecified atom stereocenters. The Morgan fingerprint density at radius 3 is 2.82 bits per heavy atom. The summed E-state index contributed by atoms with van der Waals surface area (Å²) in [5.74, 6) is 1.50. The van der Waals surface area contributed by atoms with Crippen molar-refractivity contribution in [1.29, 1.82) is 0 Å². The fourth-order valence-electron chi connectivity index (χ4n) is 2.03. The highest BCUT2D eigenvalue weighted by atomic mass is 16.6. The van der Waals surface area contributed by atoms with Crippen molar-refractivity contribution in [2.75, 3.05) is 11.9 Å². The summed E-state index contributed by atoms with van der Waals surface area (Å²) in [4.78, 5) is 10.5. The Labute approximate surface area is 101 Å². The minimum atomic E-state index is -0.329. The highest BCUT2D eigenvalue weighted by Crippen LogP contribution is 2.36. The first-order valence-corrected chi connectivity index (χ1v) is 6.07. The summed E-state index contributed by atoms with van der Waals surface area (Å²) in [6, 6.07) is 5.32. The van der Waals surface area contributed by atoms with Gasteiger partial charge in [0.15, 0.2) is 0 Å². The molecule has 1 aromatic carbocycles. The van der Waals surface area contributed by atoms with Crippen molar-refractivity contribution in [2.45, 2.75) is 26.7 Å². The summed E-state index contributed by atoms with van der Waals surface area (Å²) in [6.07, 6.45) is 2.66. The van der Waals surface area contributed by atoms with Crippen LogP contribution >= 0.6 is 0 Å². The molecule has 0 radical (unpaired) electrons. The topological polar surface area (TPSA) is 55.2 Å². The van der Waals surface area contributed by atoms with Crippen molar-refractivity contribution >= 4 is 11.4 Å². The molecule has 0 amide bonds. The smallest absolute Gasteiger partial charge is 0.274 e. The molecule has 1 fully saturated rings. The Morgan fingerprint density at radius 2 is 2.24 bits per heavy atom. The third-order valence-corrected chi connectivity index (χ3v) is 3.46. The molecule has 1 aromatic rings. The molecule has 1 N–H and O–H groups in total. The van der Waals surface area contributed by atoms with Gasteiger partial charge in [-0.1, -0.05) is 13.0 Å². The minimum absolute atomic E-state index is 0.189. The monoisotopic (exact) mass is 234 g/mol. The number of nitrogens with zero attached hydrogens (tertiary/aromatic N) is 1. The molecule has 4 nitrogen and oxygen atoms in total. The van der Waals surface area contributed by atoms with Gasteiger partial charge in [0.05, 0.1) is 4.92 Å². The van der Waals surface area contributed by atoms with Crippen molar-refractivity contribution in [2.24, 2.45) is 11.8 Å². The summed E-state index contributed by atoms with van der Waals surface area (Å²) < 4.78 is 0. The highest BCUT2D eigenvalue weighted by molar-refractivity contribution is 5.54. The molecule has 4 heteroatoms. The van der Waals surface area contributed by atoms with Crippen molar-refractivity contribution in [3.05, 3.63) is 33.9 Å². The molecule has 1 aliphatic carbocycles. The maximum atomic E-state index is 10.8. The lowest BCUT2D eigenvalue weighted by atomic mass is 10.1. The molecular formula is C13H18N2O2. The van der Waals surface area contributed by atoms with Gasteiger partial charge >= 0.3 is 0 Å². The largest absolute Gasteiger partial charge is 0.385 e. The van der Waals surface area contributed by atoms with Gasteiger partial charge in [-0.15, -0.1) is 0 Å². The summed E-state index contributed by atoms with van der Waals surface area (Å²) in [5.41, 5.74) is 1.74. The number of nitro benzene ring substituents is 1. The van der Waals surface area contributed by atoms with Crippen LogP contribution in [-0.2, 0) is 0 Å². The average molecular weight is 234 g/mol. The van der Waals surface area contributed by atoms with Gasteiger partial charge in [-0.25, -0.2) is 0 Å². The van der Waals surface area contributed by atoms with Gasteiger partial charge in [-0.05, 0) is 37.7 Å². The molecular weight excluding hydrogens is 216 g/mol. The number of nitro groups is 1. The van der Waals surface area contributed by atoms with Gasteiger partial charge in [0, 0.05) is 23.9 Å². The second kappa shape index (κ2) is 4.73. The van der Waals surface area contributed by atoms with E-state index in [1.54, 1.807) is 19.1 Å². The van der Waals surface area contributed by atoms with Crippen LogP contribution in [0.4, 0.5) is 11.4 Å². The van der Waals surface area contributed by atoms with Gasteiger partial charge in [0.1, 0.15) is 0 Å². The van der Waals surface area contributed by atoms with Crippen LogP contribution in [0.15, 0.2) is 18.2 Å². The maximum absolute atomic E-state index is 10.8. The number of aryl methyl sites for hydroxylation is 1. The highest BCUT2D eigenvalue weighted by Gasteiger charge is 2.27. The van der Waals surface area contributed by atoms with Crippen LogP contribution < -0.4 is 5.32 Å². The SMILES string of the molecule is Cc1ccc(NCC(C)C2CC2)cc1[N+](=O)[O-]. The molecule has 0 spiro atoms. The Balaban J connectivity index is 2.00. The van der Waals surface area contributed by atoms with Crippen molar-refractivity contribution in [1.82, 2.24) is 0 Å². The zero-order chi connectivity index (χ0) is 12.4. The maximum Gasteiger partial charge on any atom is 0.274 e. The summed E-state index contributed by atoms with van der Waals surface area (Å²) in [5, 5.41) is 14.1. The second-order valence-corrected chi connectivity index (χ2v) is 4.95. The van der Waals surface area contributed by atoms with E-state index in [9.17, 15) is 10.1 Å². The summed E-state index contributed by atoms with van der Waals surface area (Å²) in [6.45, 7) is 4.88. The van der Waals surface area contributed by atoms with Gasteiger partial charge < -0.3 is 5.32 Å². The molecule has 0 bridgehead atoms.